The summed E-state index contributed by atoms with van der Waals surface area (Å²) >= 11 is 6.42. The van der Waals surface area contributed by atoms with Crippen LogP contribution >= 0.6 is 11.6 Å². The average Bonchev–Trinajstić information content (AvgIpc) is 3.41. The molecule has 1 aliphatic heterocycles. The van der Waals surface area contributed by atoms with Crippen molar-refractivity contribution in [3.63, 3.8) is 0 Å². The minimum absolute atomic E-state index is 0.126. The van der Waals surface area contributed by atoms with Gasteiger partial charge in [0.15, 0.2) is 0 Å². The smallest absolute Gasteiger partial charge is 0.253 e. The molecule has 0 unspecified atom stereocenters. The summed E-state index contributed by atoms with van der Waals surface area (Å²) in [6.07, 6.45) is 2.78. The van der Waals surface area contributed by atoms with E-state index in [9.17, 15) is 4.79 Å². The van der Waals surface area contributed by atoms with Gasteiger partial charge in [-0.3, -0.25) is 9.79 Å². The number of halogens is 1. The Morgan fingerprint density at radius 1 is 1.18 bits per heavy atom. The molecule has 0 saturated carbocycles. The van der Waals surface area contributed by atoms with Crippen LogP contribution in [0.15, 0.2) is 47.6 Å². The van der Waals surface area contributed by atoms with Crippen LogP contribution in [0.4, 0.5) is 17.3 Å². The van der Waals surface area contributed by atoms with Gasteiger partial charge in [0.25, 0.3) is 5.91 Å². The fraction of sp³-hybridized carbons (Fsp3) is 0.200. The highest BCUT2D eigenvalue weighted by Crippen LogP contribution is 2.38. The number of carbonyl (C=O) groups excluding carboxylic acids is 1. The van der Waals surface area contributed by atoms with E-state index in [1.54, 1.807) is 39.4 Å². The molecule has 0 radical (unpaired) electrons. The molecule has 0 bridgehead atoms. The molecule has 2 N–H and O–H groups in total. The number of nitrogens with zero attached hydrogens (tertiary/aromatic N) is 4. The normalized spacial score (nSPS) is 12.4. The number of rotatable bonds is 5. The number of ether oxygens (including phenoxy) is 1. The number of benzene rings is 2. The largest absolute Gasteiger partial charge is 0.480 e. The first-order valence-corrected chi connectivity index (χ1v) is 11.1. The van der Waals surface area contributed by atoms with E-state index in [0.717, 1.165) is 34.3 Å². The SMILES string of the molecule is COc1nc(Nc2ccc(C(=O)N(C)C)cc2Cl)nc2[nH]cc(-c3ccc4c(c3)N=C(C)C4)c12. The van der Waals surface area contributed by atoms with E-state index < -0.39 is 0 Å². The average molecular weight is 475 g/mol. The standard InChI is InChI=1S/C25H23ClN6O2/c1-13-9-15-6-5-14(11-20(15)28-13)17-12-27-22-21(17)23(34-4)31-25(30-22)29-19-8-7-16(10-18(19)26)24(33)32(2)3/h5-8,10-12H,9H2,1-4H3,(H2,27,29,30,31). The predicted octanol–water partition coefficient (Wildman–Crippen LogP) is 5.38. The molecule has 0 fully saturated rings. The van der Waals surface area contributed by atoms with Crippen molar-refractivity contribution in [2.24, 2.45) is 4.99 Å². The number of H-pyrrole nitrogens is 1. The monoisotopic (exact) mass is 474 g/mol. The number of aliphatic imine (C=N–C) groups is 1. The third-order valence-corrected chi connectivity index (χ3v) is 6.03. The number of fused-ring (bicyclic) bond motifs is 2. The lowest BCUT2D eigenvalue weighted by atomic mass is 10.0. The van der Waals surface area contributed by atoms with Crippen molar-refractivity contribution in [1.29, 1.82) is 0 Å². The molecule has 4 aromatic rings. The first-order valence-electron chi connectivity index (χ1n) is 10.7. The van der Waals surface area contributed by atoms with Gasteiger partial charge in [0.2, 0.25) is 11.8 Å². The number of carbonyl (C=O) groups is 1. The van der Waals surface area contributed by atoms with E-state index in [1.807, 2.05) is 13.1 Å². The predicted molar refractivity (Wildman–Crippen MR) is 135 cm³/mol. The molecule has 5 rings (SSSR count). The summed E-state index contributed by atoms with van der Waals surface area (Å²) in [5, 5.41) is 4.29. The zero-order chi connectivity index (χ0) is 24.0. The number of hydrogen-bond acceptors (Lipinski definition) is 6. The van der Waals surface area contributed by atoms with E-state index in [2.05, 4.69) is 43.5 Å². The number of amides is 1. The minimum atomic E-state index is -0.126. The second-order valence-electron chi connectivity index (χ2n) is 8.37. The number of aromatic nitrogens is 3. The maximum Gasteiger partial charge on any atom is 0.253 e. The van der Waals surface area contributed by atoms with Crippen LogP contribution in [0.25, 0.3) is 22.2 Å². The summed E-state index contributed by atoms with van der Waals surface area (Å²) < 4.78 is 5.62. The van der Waals surface area contributed by atoms with Crippen molar-refractivity contribution in [3.05, 3.63) is 58.7 Å². The van der Waals surface area contributed by atoms with Crippen molar-refractivity contribution in [1.82, 2.24) is 19.9 Å². The second kappa shape index (κ2) is 8.46. The quantitative estimate of drug-likeness (QED) is 0.405. The molecule has 1 aliphatic rings. The molecule has 172 valence electrons. The fourth-order valence-corrected chi connectivity index (χ4v) is 4.29. The molecule has 0 spiro atoms. The fourth-order valence-electron chi connectivity index (χ4n) is 4.07. The van der Waals surface area contributed by atoms with Crippen LogP contribution in [0, 0.1) is 0 Å². The lowest BCUT2D eigenvalue weighted by Crippen LogP contribution is -2.21. The van der Waals surface area contributed by atoms with Gasteiger partial charge in [0.1, 0.15) is 5.65 Å². The van der Waals surface area contributed by atoms with Crippen LogP contribution in [-0.4, -0.2) is 52.7 Å². The lowest BCUT2D eigenvalue weighted by Gasteiger charge is -2.13. The zero-order valence-corrected chi connectivity index (χ0v) is 20.0. The van der Waals surface area contributed by atoms with Gasteiger partial charge in [-0.1, -0.05) is 23.7 Å². The van der Waals surface area contributed by atoms with Crippen LogP contribution in [0.3, 0.4) is 0 Å². The molecule has 2 aromatic heterocycles. The third-order valence-electron chi connectivity index (χ3n) is 5.71. The Labute approximate surface area is 201 Å². The van der Waals surface area contributed by atoms with Gasteiger partial charge in [-0.05, 0) is 42.3 Å². The van der Waals surface area contributed by atoms with Crippen molar-refractivity contribution >= 4 is 51.6 Å². The molecule has 1 amide bonds. The first-order chi connectivity index (χ1) is 16.3. The van der Waals surface area contributed by atoms with Crippen LogP contribution < -0.4 is 10.1 Å². The molecule has 2 aromatic carbocycles. The van der Waals surface area contributed by atoms with Gasteiger partial charge < -0.3 is 19.9 Å². The molecule has 0 atom stereocenters. The van der Waals surface area contributed by atoms with Gasteiger partial charge >= 0.3 is 0 Å². The molecule has 8 nitrogen and oxygen atoms in total. The third kappa shape index (κ3) is 3.86. The van der Waals surface area contributed by atoms with E-state index >= 15 is 0 Å². The van der Waals surface area contributed by atoms with Crippen LogP contribution in [0.5, 0.6) is 5.88 Å². The summed E-state index contributed by atoms with van der Waals surface area (Å²) in [5.41, 5.74) is 6.98. The van der Waals surface area contributed by atoms with Crippen LogP contribution in [0.1, 0.15) is 22.8 Å². The number of nitrogens with one attached hydrogen (secondary N) is 2. The highest BCUT2D eigenvalue weighted by Gasteiger charge is 2.19. The van der Waals surface area contributed by atoms with Crippen molar-refractivity contribution < 1.29 is 9.53 Å². The topological polar surface area (TPSA) is 95.5 Å². The van der Waals surface area contributed by atoms with Crippen LogP contribution in [0.2, 0.25) is 5.02 Å². The van der Waals surface area contributed by atoms with Crippen molar-refractivity contribution in [2.45, 2.75) is 13.3 Å². The molecular formula is C25H23ClN6O2. The Bertz CT molecular complexity index is 1470. The highest BCUT2D eigenvalue weighted by atomic mass is 35.5. The summed E-state index contributed by atoms with van der Waals surface area (Å²) in [5.74, 6) is 0.624. The summed E-state index contributed by atoms with van der Waals surface area (Å²) in [6, 6.07) is 11.3. The van der Waals surface area contributed by atoms with Gasteiger partial charge in [0.05, 0.1) is 28.9 Å². The Morgan fingerprint density at radius 3 is 2.74 bits per heavy atom. The minimum Gasteiger partial charge on any atom is -0.480 e. The Hall–Kier alpha value is -3.91. The lowest BCUT2D eigenvalue weighted by molar-refractivity contribution is 0.0827. The number of aromatic amines is 1. The number of anilines is 2. The van der Waals surface area contributed by atoms with E-state index in [0.29, 0.717) is 33.7 Å². The molecule has 34 heavy (non-hydrogen) atoms. The molecule has 0 saturated heterocycles. The van der Waals surface area contributed by atoms with E-state index in [1.165, 1.54) is 10.5 Å². The first kappa shape index (κ1) is 21.9. The molecule has 9 heteroatoms. The Balaban J connectivity index is 1.50. The van der Waals surface area contributed by atoms with Crippen LogP contribution in [-0.2, 0) is 6.42 Å². The maximum atomic E-state index is 12.2. The van der Waals surface area contributed by atoms with Gasteiger partial charge in [-0.25, -0.2) is 0 Å². The molecular weight excluding hydrogens is 452 g/mol. The van der Waals surface area contributed by atoms with Crippen molar-refractivity contribution in [3.8, 4) is 17.0 Å². The molecule has 0 aliphatic carbocycles. The molecule has 3 heterocycles. The van der Waals surface area contributed by atoms with Gasteiger partial charge in [-0.15, -0.1) is 0 Å². The van der Waals surface area contributed by atoms with Crippen molar-refractivity contribution in [2.75, 3.05) is 26.5 Å². The van der Waals surface area contributed by atoms with Gasteiger partial charge in [-0.2, -0.15) is 9.97 Å². The summed E-state index contributed by atoms with van der Waals surface area (Å²) in [7, 11) is 4.96. The summed E-state index contributed by atoms with van der Waals surface area (Å²) in [6.45, 7) is 2.04. The zero-order valence-electron chi connectivity index (χ0n) is 19.2. The maximum absolute atomic E-state index is 12.2. The Morgan fingerprint density at radius 2 is 2.00 bits per heavy atom. The van der Waals surface area contributed by atoms with E-state index in [-0.39, 0.29) is 5.91 Å². The second-order valence-corrected chi connectivity index (χ2v) is 8.78. The highest BCUT2D eigenvalue weighted by molar-refractivity contribution is 6.33. The van der Waals surface area contributed by atoms with E-state index in [4.69, 9.17) is 16.3 Å². The Kier molecular flexibility index (Phi) is 5.45. The number of methoxy groups -OCH3 is 1. The van der Waals surface area contributed by atoms with Gasteiger partial charge in [0, 0.05) is 43.6 Å². The number of hydrogen-bond donors (Lipinski definition) is 2. The summed E-state index contributed by atoms with van der Waals surface area (Å²) in [4.78, 5) is 30.7.